The number of carbonyl (C=O) groups excluding carboxylic acids is 1. The van der Waals surface area contributed by atoms with E-state index in [2.05, 4.69) is 5.32 Å². The van der Waals surface area contributed by atoms with Gasteiger partial charge in [0.1, 0.15) is 6.42 Å². The van der Waals surface area contributed by atoms with Gasteiger partial charge in [0.2, 0.25) is 5.91 Å². The van der Waals surface area contributed by atoms with Crippen molar-refractivity contribution in [2.45, 2.75) is 6.42 Å². The van der Waals surface area contributed by atoms with Crippen LogP contribution >= 0.6 is 0 Å². The van der Waals surface area contributed by atoms with Crippen LogP contribution in [0.2, 0.25) is 0 Å². The molecule has 0 unspecified atom stereocenters. The number of hydrogen-bond donors (Lipinski definition) is 4. The lowest BCUT2D eigenvalue weighted by Crippen LogP contribution is -2.25. The first-order valence-electron chi connectivity index (χ1n) is 3.86. The van der Waals surface area contributed by atoms with Gasteiger partial charge in [0, 0.05) is 7.05 Å². The number of rotatable bonds is 2. The monoisotopic (exact) mass is 217 g/mol. The molecule has 1 fully saturated rings. The third-order valence-corrected chi connectivity index (χ3v) is 1.32. The van der Waals surface area contributed by atoms with Crippen LogP contribution in [-0.4, -0.2) is 52.5 Å². The summed E-state index contributed by atoms with van der Waals surface area (Å²) in [5, 5.41) is 24.7. The van der Waals surface area contributed by atoms with E-state index >= 15 is 0 Å². The quantitative estimate of drug-likeness (QED) is 0.417. The number of carbonyl (C=O) groups is 3. The average molecular weight is 217 g/mol. The minimum absolute atomic E-state index is 0.0995. The van der Waals surface area contributed by atoms with E-state index < -0.39 is 18.4 Å². The van der Waals surface area contributed by atoms with E-state index in [9.17, 15) is 14.4 Å². The predicted molar refractivity (Wildman–Crippen MR) is 48.4 cm³/mol. The molecule has 0 aromatic heterocycles. The summed E-state index contributed by atoms with van der Waals surface area (Å²) in [7, 11) is 1.69. The van der Waals surface area contributed by atoms with Crippen LogP contribution in [0.25, 0.3) is 0 Å². The van der Waals surface area contributed by atoms with Crippen molar-refractivity contribution in [1.82, 2.24) is 10.2 Å². The Morgan fingerprint density at radius 1 is 1.47 bits per heavy atom. The highest BCUT2D eigenvalue weighted by atomic mass is 16.4. The van der Waals surface area contributed by atoms with Crippen molar-refractivity contribution in [3.8, 4) is 0 Å². The molecule has 0 bridgehead atoms. The molecule has 0 spiro atoms. The maximum atomic E-state index is 10.4. The van der Waals surface area contributed by atoms with Crippen LogP contribution in [0.1, 0.15) is 6.42 Å². The predicted octanol–water partition coefficient (Wildman–Crippen LogP) is -1.47. The standard InChI is InChI=1S/C4H7N3O.C3H4O4/c1-7-2-3(8)6-4(7)5;4-2(5)1-3(6)7/h2H2,1H3,(H2,5,6,8);1H2,(H,4,5)(H,6,7). The minimum atomic E-state index is -1.31. The minimum Gasteiger partial charge on any atom is -0.481 e. The fourth-order valence-corrected chi connectivity index (χ4v) is 0.691. The van der Waals surface area contributed by atoms with Gasteiger partial charge in [-0.3, -0.25) is 25.1 Å². The zero-order valence-corrected chi connectivity index (χ0v) is 7.98. The van der Waals surface area contributed by atoms with Gasteiger partial charge >= 0.3 is 11.9 Å². The lowest BCUT2D eigenvalue weighted by Gasteiger charge is -2.03. The van der Waals surface area contributed by atoms with Crippen LogP contribution in [0.4, 0.5) is 0 Å². The molecule has 1 rings (SSSR count). The molecule has 4 N–H and O–H groups in total. The van der Waals surface area contributed by atoms with Crippen molar-refractivity contribution < 1.29 is 24.6 Å². The molecule has 0 atom stereocenters. The Morgan fingerprint density at radius 3 is 2.00 bits per heavy atom. The number of carboxylic acid groups (broad SMARTS) is 2. The number of amides is 1. The van der Waals surface area contributed by atoms with Crippen molar-refractivity contribution >= 4 is 23.8 Å². The van der Waals surface area contributed by atoms with Crippen molar-refractivity contribution in [2.75, 3.05) is 13.6 Å². The van der Waals surface area contributed by atoms with Crippen LogP contribution < -0.4 is 5.32 Å². The van der Waals surface area contributed by atoms with E-state index in [1.54, 1.807) is 11.9 Å². The molecule has 1 amide bonds. The zero-order valence-electron chi connectivity index (χ0n) is 7.98. The summed E-state index contributed by atoms with van der Waals surface area (Å²) >= 11 is 0. The van der Waals surface area contributed by atoms with Crippen LogP contribution in [0, 0.1) is 5.41 Å². The molecule has 0 radical (unpaired) electrons. The summed E-state index contributed by atoms with van der Waals surface area (Å²) in [6.07, 6.45) is -0.806. The number of aliphatic carboxylic acids is 2. The summed E-state index contributed by atoms with van der Waals surface area (Å²) in [6, 6.07) is 0. The molecule has 0 aliphatic carbocycles. The van der Waals surface area contributed by atoms with Gasteiger partial charge in [-0.15, -0.1) is 0 Å². The third kappa shape index (κ3) is 6.02. The number of hydrogen-bond acceptors (Lipinski definition) is 4. The van der Waals surface area contributed by atoms with Crippen molar-refractivity contribution in [3.05, 3.63) is 0 Å². The van der Waals surface area contributed by atoms with Crippen molar-refractivity contribution in [3.63, 3.8) is 0 Å². The van der Waals surface area contributed by atoms with Crippen LogP contribution in [0.3, 0.4) is 0 Å². The molecule has 84 valence electrons. The lowest BCUT2D eigenvalue weighted by molar-refractivity contribution is -0.147. The molecule has 1 aliphatic rings. The van der Waals surface area contributed by atoms with E-state index in [1.807, 2.05) is 0 Å². The molecule has 8 heteroatoms. The maximum Gasteiger partial charge on any atom is 0.314 e. The highest BCUT2D eigenvalue weighted by Crippen LogP contribution is 1.89. The van der Waals surface area contributed by atoms with E-state index in [-0.39, 0.29) is 11.9 Å². The largest absolute Gasteiger partial charge is 0.481 e. The third-order valence-electron chi connectivity index (χ3n) is 1.32. The Hall–Kier alpha value is -2.12. The van der Waals surface area contributed by atoms with E-state index in [0.717, 1.165) is 0 Å². The Balaban J connectivity index is 0.000000265. The Labute approximate surface area is 85.0 Å². The van der Waals surface area contributed by atoms with Crippen molar-refractivity contribution in [1.29, 1.82) is 5.41 Å². The number of guanidine groups is 1. The summed E-state index contributed by atoms with van der Waals surface area (Å²) in [4.78, 5) is 30.8. The first kappa shape index (κ1) is 12.9. The van der Waals surface area contributed by atoms with Gasteiger partial charge in [-0.2, -0.15) is 0 Å². The van der Waals surface area contributed by atoms with Crippen molar-refractivity contribution in [2.24, 2.45) is 0 Å². The molecule has 0 saturated carbocycles. The van der Waals surface area contributed by atoms with Gasteiger partial charge in [0.05, 0.1) is 6.54 Å². The molecule has 1 saturated heterocycles. The van der Waals surface area contributed by atoms with Crippen LogP contribution in [-0.2, 0) is 14.4 Å². The molecular weight excluding hydrogens is 206 g/mol. The summed E-state index contributed by atoms with van der Waals surface area (Å²) in [5.74, 6) is -2.53. The average Bonchev–Trinajstić information content (AvgIpc) is 2.27. The van der Waals surface area contributed by atoms with E-state index in [1.165, 1.54) is 0 Å². The highest BCUT2D eigenvalue weighted by Gasteiger charge is 2.18. The van der Waals surface area contributed by atoms with Gasteiger partial charge in [0.25, 0.3) is 0 Å². The number of nitrogens with one attached hydrogen (secondary N) is 2. The lowest BCUT2D eigenvalue weighted by atomic mass is 10.5. The SMILES string of the molecule is CN1CC(=O)NC1=N.O=C(O)CC(=O)O. The second-order valence-electron chi connectivity index (χ2n) is 2.72. The van der Waals surface area contributed by atoms with E-state index in [0.29, 0.717) is 6.54 Å². The number of carboxylic acids is 2. The Kier molecular flexibility index (Phi) is 4.79. The zero-order chi connectivity index (χ0) is 12.0. The topological polar surface area (TPSA) is 131 Å². The van der Waals surface area contributed by atoms with Gasteiger partial charge in [-0.1, -0.05) is 0 Å². The van der Waals surface area contributed by atoms with Gasteiger partial charge < -0.3 is 15.1 Å². The van der Waals surface area contributed by atoms with Gasteiger partial charge in [0.15, 0.2) is 5.96 Å². The smallest absolute Gasteiger partial charge is 0.314 e. The summed E-state index contributed by atoms with van der Waals surface area (Å²) in [5.41, 5.74) is 0. The number of nitrogens with zero attached hydrogens (tertiary/aromatic N) is 1. The first-order valence-corrected chi connectivity index (χ1v) is 3.86. The summed E-state index contributed by atoms with van der Waals surface area (Å²) in [6.45, 7) is 0.318. The fourth-order valence-electron chi connectivity index (χ4n) is 0.691. The second-order valence-corrected chi connectivity index (χ2v) is 2.72. The normalized spacial score (nSPS) is 14.1. The van der Waals surface area contributed by atoms with Gasteiger partial charge in [-0.25, -0.2) is 0 Å². The molecular formula is C7H11N3O5. The Morgan fingerprint density at radius 2 is 1.93 bits per heavy atom. The highest BCUT2D eigenvalue weighted by molar-refractivity contribution is 6.02. The van der Waals surface area contributed by atoms with Crippen LogP contribution in [0.5, 0.6) is 0 Å². The second kappa shape index (κ2) is 5.58. The molecule has 1 aliphatic heterocycles. The van der Waals surface area contributed by atoms with E-state index in [4.69, 9.17) is 15.6 Å². The van der Waals surface area contributed by atoms with Gasteiger partial charge in [-0.05, 0) is 0 Å². The molecule has 0 aromatic carbocycles. The Bertz CT molecular complexity index is 289. The number of likely N-dealkylation sites (N-methyl/N-ethyl adjacent to an activating group) is 1. The fraction of sp³-hybridized carbons (Fsp3) is 0.429. The first-order chi connectivity index (χ1) is 6.82. The van der Waals surface area contributed by atoms with Crippen LogP contribution in [0.15, 0.2) is 0 Å². The maximum absolute atomic E-state index is 10.4. The molecule has 0 aromatic rings. The molecule has 15 heavy (non-hydrogen) atoms. The molecule has 8 nitrogen and oxygen atoms in total. The molecule has 1 heterocycles. The summed E-state index contributed by atoms with van der Waals surface area (Å²) < 4.78 is 0.